The first-order valence-corrected chi connectivity index (χ1v) is 2.77. The molecule has 0 saturated heterocycles. The molecule has 0 fully saturated rings. The largest absolute Gasteiger partial charge is 1.00 e. The Labute approximate surface area is 118 Å². The normalized spacial score (nSPS) is 8.57. The number of nitrogens with zero attached hydrogens (tertiary/aromatic N) is 5. The number of nitro groups is 2. The first-order valence-electron chi connectivity index (χ1n) is 2.77. The fourth-order valence-corrected chi connectivity index (χ4v) is 0.498. The van der Waals surface area contributed by atoms with Crippen LogP contribution in [0.2, 0.25) is 0 Å². The van der Waals surface area contributed by atoms with Gasteiger partial charge in [-0.1, -0.05) is 0 Å². The van der Waals surface area contributed by atoms with E-state index in [1.165, 1.54) is 0 Å². The summed E-state index contributed by atoms with van der Waals surface area (Å²) in [6, 6.07) is 0. The van der Waals surface area contributed by atoms with Crippen LogP contribution >= 0.6 is 0 Å². The molecule has 0 radical (unpaired) electrons. The van der Waals surface area contributed by atoms with Crippen molar-refractivity contribution in [3.05, 3.63) is 20.2 Å². The summed E-state index contributed by atoms with van der Waals surface area (Å²) in [4.78, 5) is 22.9. The standard InChI is InChI=1S/C2H2N7O4.K/c10-8(11)6-1-3-2(5-4-1)7-9(12)13;/h6H,(H,3,7);/q-1;+1. The number of hydrazine groups is 2. The van der Waals surface area contributed by atoms with Crippen molar-refractivity contribution in [3.63, 3.8) is 0 Å². The van der Waals surface area contributed by atoms with Crippen molar-refractivity contribution in [2.24, 2.45) is 0 Å². The van der Waals surface area contributed by atoms with Gasteiger partial charge in [-0.25, -0.2) is 30.4 Å². The summed E-state index contributed by atoms with van der Waals surface area (Å²) >= 11 is 0. The molecular formula is C2H2KN7O4. The molecule has 0 aliphatic heterocycles. The van der Waals surface area contributed by atoms with Crippen LogP contribution in [0.3, 0.4) is 0 Å². The van der Waals surface area contributed by atoms with Gasteiger partial charge in [0.2, 0.25) is 0 Å². The fourth-order valence-electron chi connectivity index (χ4n) is 0.498. The third-order valence-electron chi connectivity index (χ3n) is 0.834. The molecule has 0 unspecified atom stereocenters. The second-order valence-electron chi connectivity index (χ2n) is 1.70. The molecule has 2 N–H and O–H groups in total. The second kappa shape index (κ2) is 5.81. The third-order valence-corrected chi connectivity index (χ3v) is 0.834. The molecule has 0 amide bonds. The second-order valence-corrected chi connectivity index (χ2v) is 1.70. The molecule has 0 aromatic carbocycles. The molecule has 1 aromatic rings. The van der Waals surface area contributed by atoms with Crippen LogP contribution in [0.4, 0.5) is 11.9 Å². The van der Waals surface area contributed by atoms with Gasteiger partial charge in [0.25, 0.3) is 0 Å². The maximum atomic E-state index is 9.83. The van der Waals surface area contributed by atoms with Gasteiger partial charge in [-0.2, -0.15) is 0 Å². The minimum atomic E-state index is -0.910. The molecule has 0 aliphatic rings. The van der Waals surface area contributed by atoms with E-state index in [1.54, 1.807) is 10.9 Å². The third kappa shape index (κ3) is 4.42. The van der Waals surface area contributed by atoms with Gasteiger partial charge in [-0.3, -0.25) is 0 Å². The molecule has 0 spiro atoms. The van der Waals surface area contributed by atoms with Gasteiger partial charge >= 0.3 is 51.4 Å². The molecule has 1 heterocycles. The Hall–Kier alpha value is -0.824. The minimum Gasteiger partial charge on any atom is -0.361 e. The van der Waals surface area contributed by atoms with Crippen molar-refractivity contribution in [1.29, 1.82) is 0 Å². The van der Waals surface area contributed by atoms with Crippen molar-refractivity contribution in [1.82, 2.24) is 15.2 Å². The van der Waals surface area contributed by atoms with Crippen molar-refractivity contribution >= 4 is 11.9 Å². The number of rotatable bonds is 4. The van der Waals surface area contributed by atoms with Crippen molar-refractivity contribution in [3.8, 4) is 0 Å². The molecule has 0 aliphatic carbocycles. The smallest absolute Gasteiger partial charge is 0.361 e. The summed E-state index contributed by atoms with van der Waals surface area (Å²) in [7, 11) is 0. The zero-order valence-electron chi connectivity index (χ0n) is 6.87. The van der Waals surface area contributed by atoms with E-state index in [4.69, 9.17) is 0 Å². The maximum absolute atomic E-state index is 9.83. The fraction of sp³-hybridized carbons (Fsp3) is 0. The molecule has 0 bridgehead atoms. The molecule has 11 nitrogen and oxygen atoms in total. The molecule has 0 saturated carbocycles. The number of hydrogen-bond donors (Lipinski definition) is 2. The molecule has 12 heteroatoms. The SMILES string of the molecule is O=[N+]([O-])Nc1nn[c-](N[N+](=O)[O-])n1.[K+]. The molecule has 70 valence electrons. The Balaban J connectivity index is 0.00000169. The van der Waals surface area contributed by atoms with Gasteiger partial charge in [-0.05, 0) is 0 Å². The summed E-state index contributed by atoms with van der Waals surface area (Å²) in [5.41, 5.74) is 3.15. The summed E-state index contributed by atoms with van der Waals surface area (Å²) in [5.74, 6) is -0.844. The van der Waals surface area contributed by atoms with Crippen LogP contribution in [0.25, 0.3) is 0 Å². The van der Waals surface area contributed by atoms with Crippen LogP contribution in [0.5, 0.6) is 0 Å². The first-order chi connectivity index (χ1) is 6.08. The van der Waals surface area contributed by atoms with Crippen molar-refractivity contribution < 1.29 is 61.4 Å². The molecule has 14 heavy (non-hydrogen) atoms. The topological polar surface area (TPSA) is 149 Å². The van der Waals surface area contributed by atoms with E-state index >= 15 is 0 Å². The van der Waals surface area contributed by atoms with Crippen LogP contribution in [0, 0.1) is 20.2 Å². The van der Waals surface area contributed by atoms with Gasteiger partial charge in [0.05, 0.1) is 0 Å². The quantitative estimate of drug-likeness (QED) is 0.226. The van der Waals surface area contributed by atoms with Crippen LogP contribution < -0.4 is 62.2 Å². The Bertz CT molecular complexity index is 306. The number of nitrogens with one attached hydrogen (secondary N) is 2. The van der Waals surface area contributed by atoms with E-state index in [0.29, 0.717) is 0 Å². The predicted octanol–water partition coefficient (Wildman–Crippen LogP) is -4.20. The Morgan fingerprint density at radius 3 is 2.43 bits per heavy atom. The minimum absolute atomic E-state index is 0. The number of anilines is 2. The van der Waals surface area contributed by atoms with Gasteiger partial charge in [0, 0.05) is 0 Å². The van der Waals surface area contributed by atoms with Crippen molar-refractivity contribution in [2.75, 3.05) is 10.9 Å². The van der Waals surface area contributed by atoms with Gasteiger partial charge < -0.3 is 4.98 Å². The summed E-state index contributed by atoms with van der Waals surface area (Å²) in [6.45, 7) is 0. The van der Waals surface area contributed by atoms with E-state index in [9.17, 15) is 20.2 Å². The number of aromatic nitrogens is 3. The molecule has 1 rings (SSSR count). The molecule has 1 aromatic heterocycles. The van der Waals surface area contributed by atoms with Crippen LogP contribution in [0.15, 0.2) is 0 Å². The zero-order chi connectivity index (χ0) is 9.84. The van der Waals surface area contributed by atoms with Gasteiger partial charge in [-0.15, -0.1) is 10.9 Å². The summed E-state index contributed by atoms with van der Waals surface area (Å²) in [6.07, 6.45) is 0. The van der Waals surface area contributed by atoms with Gasteiger partial charge in [0.15, 0.2) is 0 Å². The van der Waals surface area contributed by atoms with E-state index < -0.39 is 22.0 Å². The zero-order valence-corrected chi connectivity index (χ0v) is 9.99. The van der Waals surface area contributed by atoms with E-state index in [2.05, 4.69) is 15.2 Å². The average molecular weight is 227 g/mol. The number of hydrogen-bond acceptors (Lipinski definition) is 7. The Morgan fingerprint density at radius 1 is 1.29 bits per heavy atom. The maximum Gasteiger partial charge on any atom is 1.00 e. The van der Waals surface area contributed by atoms with E-state index in [-0.39, 0.29) is 51.4 Å². The van der Waals surface area contributed by atoms with Gasteiger partial charge in [0.1, 0.15) is 22.0 Å². The van der Waals surface area contributed by atoms with Crippen LogP contribution in [0.1, 0.15) is 0 Å². The molecule has 0 atom stereocenters. The molecular weight excluding hydrogens is 225 g/mol. The van der Waals surface area contributed by atoms with Crippen LogP contribution in [-0.4, -0.2) is 25.2 Å². The van der Waals surface area contributed by atoms with E-state index in [1.807, 2.05) is 0 Å². The monoisotopic (exact) mass is 227 g/mol. The van der Waals surface area contributed by atoms with Crippen molar-refractivity contribution in [2.45, 2.75) is 0 Å². The Kier molecular flexibility index (Phi) is 5.47. The van der Waals surface area contributed by atoms with Crippen LogP contribution in [-0.2, 0) is 0 Å². The summed E-state index contributed by atoms with van der Waals surface area (Å²) < 4.78 is 0. The first kappa shape index (κ1) is 13.2. The predicted molar refractivity (Wildman–Crippen MR) is 36.7 cm³/mol. The van der Waals surface area contributed by atoms with E-state index in [0.717, 1.165) is 0 Å². The average Bonchev–Trinajstić information content (AvgIpc) is 2.33. The Morgan fingerprint density at radius 2 is 1.93 bits per heavy atom. The summed E-state index contributed by atoms with van der Waals surface area (Å²) in [5, 5.41) is 24.1.